The Morgan fingerprint density at radius 2 is 0.765 bits per heavy atom. The fourth-order valence-electron chi connectivity index (χ4n) is 9.69. The second-order valence-electron chi connectivity index (χ2n) is 16.8. The number of nitrogens with zero attached hydrogens (tertiary/aromatic N) is 4. The number of aromatic nitrogens is 4. The highest BCUT2D eigenvalue weighted by Crippen LogP contribution is 2.46. The number of rotatable bonds is 7. The van der Waals surface area contributed by atoms with Crippen molar-refractivity contribution in [3.05, 3.63) is 230 Å². The summed E-state index contributed by atoms with van der Waals surface area (Å²) in [5.41, 5.74) is 8.61. The lowest BCUT2D eigenvalue weighted by molar-refractivity contribution is -0.137. The highest BCUT2D eigenvalue weighted by Gasteiger charge is 2.36. The maximum atomic E-state index is 15.8. The van der Waals surface area contributed by atoms with E-state index in [2.05, 4.69) is 9.97 Å². The molecule has 0 spiro atoms. The first-order valence-electron chi connectivity index (χ1n) is 22.0. The van der Waals surface area contributed by atoms with Crippen molar-refractivity contribution in [2.45, 2.75) is 6.18 Å². The summed E-state index contributed by atoms with van der Waals surface area (Å²) in [6, 6.07) is 60.2. The van der Waals surface area contributed by atoms with Gasteiger partial charge in [-0.2, -0.15) is 13.2 Å². The minimum Gasteiger partial charge on any atom is -0.307 e. The van der Waals surface area contributed by atoms with Crippen LogP contribution in [0.2, 0.25) is 0 Å². The van der Waals surface area contributed by atoms with Crippen molar-refractivity contribution in [1.82, 2.24) is 19.1 Å². The molecular weight excluding hydrogens is 860 g/mol. The molecule has 0 N–H and O–H groups in total. The van der Waals surface area contributed by atoms with E-state index in [0.717, 1.165) is 90.0 Å². The zero-order valence-corrected chi connectivity index (χ0v) is 35.9. The van der Waals surface area contributed by atoms with Gasteiger partial charge in [0.15, 0.2) is 0 Å². The van der Waals surface area contributed by atoms with Gasteiger partial charge in [-0.05, 0) is 106 Å². The van der Waals surface area contributed by atoms with E-state index in [9.17, 15) is 0 Å². The van der Waals surface area contributed by atoms with E-state index in [1.165, 1.54) is 6.07 Å². The number of halogens is 5. The van der Waals surface area contributed by atoms with Gasteiger partial charge in [0.1, 0.15) is 11.6 Å². The molecule has 0 fully saturated rings. The lowest BCUT2D eigenvalue weighted by Crippen LogP contribution is -2.12. The van der Waals surface area contributed by atoms with Crippen LogP contribution in [-0.4, -0.2) is 19.1 Å². The van der Waals surface area contributed by atoms with Crippen LogP contribution in [0.25, 0.3) is 111 Å². The maximum absolute atomic E-state index is 15.8. The second kappa shape index (κ2) is 16.0. The van der Waals surface area contributed by atoms with Crippen LogP contribution in [0.1, 0.15) is 5.56 Å². The molecule has 4 nitrogen and oxygen atoms in total. The Bertz CT molecular complexity index is 3910. The summed E-state index contributed by atoms with van der Waals surface area (Å²) in [5.74, 6) is -1.98. The summed E-state index contributed by atoms with van der Waals surface area (Å²) in [5, 5.41) is 3.39. The van der Waals surface area contributed by atoms with E-state index in [1.807, 2.05) is 179 Å². The number of alkyl halides is 3. The van der Waals surface area contributed by atoms with Crippen molar-refractivity contribution in [3.63, 3.8) is 0 Å². The molecule has 8 aromatic carbocycles. The van der Waals surface area contributed by atoms with Gasteiger partial charge in [0.2, 0.25) is 0 Å². The Hall–Kier alpha value is -8.69. The number of benzene rings is 8. The fourth-order valence-corrected chi connectivity index (χ4v) is 9.69. The predicted molar refractivity (Wildman–Crippen MR) is 263 cm³/mol. The van der Waals surface area contributed by atoms with Gasteiger partial charge in [-0.15, -0.1) is 0 Å². The molecule has 12 rings (SSSR count). The van der Waals surface area contributed by atoms with Gasteiger partial charge in [-0.1, -0.05) is 121 Å². The molecule has 0 aliphatic carbocycles. The lowest BCUT2D eigenvalue weighted by atomic mass is 9.96. The lowest BCUT2D eigenvalue weighted by Gasteiger charge is -2.22. The molecular formula is C59H35F5N4. The Labute approximate surface area is 386 Å². The van der Waals surface area contributed by atoms with Crippen LogP contribution in [0.15, 0.2) is 213 Å². The Balaban J connectivity index is 1.18. The van der Waals surface area contributed by atoms with Gasteiger partial charge < -0.3 is 9.13 Å². The molecule has 0 unspecified atom stereocenters. The number of para-hydroxylation sites is 2. The van der Waals surface area contributed by atoms with Crippen LogP contribution in [0.3, 0.4) is 0 Å². The molecule has 0 saturated heterocycles. The molecule has 4 aromatic heterocycles. The van der Waals surface area contributed by atoms with E-state index >= 15 is 22.0 Å². The molecule has 0 atom stereocenters. The summed E-state index contributed by atoms with van der Waals surface area (Å²) >= 11 is 0. The standard InChI is InChI=1S/C59H35F5N4/c60-43-27-42(28-44(61)33-43)49-34-57(67-53-17-9-7-15-45(53)47-21-19-38(31-55(47)67)40-23-25-65-51(29-40)36-11-3-1-4-12-36)58(35-50(49)59(62,63)64)68-54-18-10-8-16-46(54)48-22-20-39(32-56(48)68)41-24-26-66-52(30-41)37-13-5-2-6-14-37/h1-35H. The predicted octanol–water partition coefficient (Wildman–Crippen LogP) is 16.3. The van der Waals surface area contributed by atoms with E-state index in [4.69, 9.17) is 0 Å². The molecule has 0 aliphatic heterocycles. The molecule has 68 heavy (non-hydrogen) atoms. The molecule has 326 valence electrons. The third kappa shape index (κ3) is 6.98. The topological polar surface area (TPSA) is 35.6 Å². The zero-order valence-electron chi connectivity index (χ0n) is 35.9. The van der Waals surface area contributed by atoms with Crippen molar-refractivity contribution in [2.24, 2.45) is 0 Å². The fraction of sp³-hybridized carbons (Fsp3) is 0.0169. The van der Waals surface area contributed by atoms with Gasteiger partial charge in [0.25, 0.3) is 0 Å². The number of pyridine rings is 2. The highest BCUT2D eigenvalue weighted by atomic mass is 19.4. The molecule has 4 heterocycles. The summed E-state index contributed by atoms with van der Waals surface area (Å²) < 4.78 is 81.5. The van der Waals surface area contributed by atoms with E-state index in [1.54, 1.807) is 12.4 Å². The van der Waals surface area contributed by atoms with Gasteiger partial charge in [-0.25, -0.2) is 8.78 Å². The quantitative estimate of drug-likeness (QED) is 0.149. The smallest absolute Gasteiger partial charge is 0.307 e. The zero-order chi connectivity index (χ0) is 46.1. The molecule has 12 aromatic rings. The van der Waals surface area contributed by atoms with E-state index < -0.39 is 23.4 Å². The van der Waals surface area contributed by atoms with Crippen molar-refractivity contribution in [1.29, 1.82) is 0 Å². The third-order valence-electron chi connectivity index (χ3n) is 12.7. The van der Waals surface area contributed by atoms with Crippen LogP contribution in [0, 0.1) is 11.6 Å². The van der Waals surface area contributed by atoms with Crippen molar-refractivity contribution >= 4 is 43.6 Å². The maximum Gasteiger partial charge on any atom is 0.417 e. The summed E-state index contributed by atoms with van der Waals surface area (Å²) in [6.07, 6.45) is -1.42. The Morgan fingerprint density at radius 3 is 1.25 bits per heavy atom. The first-order valence-corrected chi connectivity index (χ1v) is 22.0. The van der Waals surface area contributed by atoms with Crippen molar-refractivity contribution in [2.75, 3.05) is 0 Å². The van der Waals surface area contributed by atoms with Gasteiger partial charge >= 0.3 is 6.18 Å². The van der Waals surface area contributed by atoms with E-state index in [0.29, 0.717) is 28.3 Å². The van der Waals surface area contributed by atoms with Crippen LogP contribution in [0.5, 0.6) is 0 Å². The number of hydrogen-bond acceptors (Lipinski definition) is 2. The van der Waals surface area contributed by atoms with Gasteiger partial charge in [0.05, 0.1) is 50.4 Å². The first-order chi connectivity index (χ1) is 33.2. The number of fused-ring (bicyclic) bond motifs is 6. The Morgan fingerprint density at radius 1 is 0.338 bits per heavy atom. The number of hydrogen-bond donors (Lipinski definition) is 0. The van der Waals surface area contributed by atoms with E-state index in [-0.39, 0.29) is 16.8 Å². The molecule has 0 bridgehead atoms. The average molecular weight is 895 g/mol. The molecule has 0 saturated carbocycles. The minimum absolute atomic E-state index is 0.212. The monoisotopic (exact) mass is 894 g/mol. The summed E-state index contributed by atoms with van der Waals surface area (Å²) in [4.78, 5) is 9.30. The molecule has 0 aliphatic rings. The second-order valence-corrected chi connectivity index (χ2v) is 16.8. The minimum atomic E-state index is -4.94. The Kier molecular flexibility index (Phi) is 9.62. The summed E-state index contributed by atoms with van der Waals surface area (Å²) in [7, 11) is 0. The molecule has 0 amide bonds. The summed E-state index contributed by atoms with van der Waals surface area (Å²) in [6.45, 7) is 0. The van der Waals surface area contributed by atoms with Crippen molar-refractivity contribution < 1.29 is 22.0 Å². The van der Waals surface area contributed by atoms with Crippen LogP contribution in [0.4, 0.5) is 22.0 Å². The van der Waals surface area contributed by atoms with Crippen molar-refractivity contribution in [3.8, 4) is 67.3 Å². The largest absolute Gasteiger partial charge is 0.417 e. The van der Waals surface area contributed by atoms with Crippen LogP contribution in [-0.2, 0) is 6.18 Å². The van der Waals surface area contributed by atoms with Crippen LogP contribution < -0.4 is 0 Å². The SMILES string of the molecule is Fc1cc(F)cc(-c2cc(-n3c4ccccc4c4ccc(-c5ccnc(-c6ccccc6)c5)cc43)c(-n3c4ccccc4c4ccc(-c5ccnc(-c6ccccc6)c5)cc43)cc2C(F)(F)F)c1. The average Bonchev–Trinajstić information content (AvgIpc) is 3.88. The van der Waals surface area contributed by atoms with Gasteiger partial charge in [-0.3, -0.25) is 9.97 Å². The highest BCUT2D eigenvalue weighted by molar-refractivity contribution is 6.13. The molecule has 0 radical (unpaired) electrons. The third-order valence-corrected chi connectivity index (χ3v) is 12.7. The van der Waals surface area contributed by atoms with Gasteiger partial charge in [0, 0.05) is 51.1 Å². The first kappa shape index (κ1) is 40.8. The molecule has 9 heteroatoms. The normalized spacial score (nSPS) is 11.9. The van der Waals surface area contributed by atoms with Crippen LogP contribution >= 0.6 is 0 Å².